The quantitative estimate of drug-likeness (QED) is 0.682. The van der Waals surface area contributed by atoms with Gasteiger partial charge in [-0.05, 0) is 63.7 Å². The van der Waals surface area contributed by atoms with E-state index in [1.165, 1.54) is 4.90 Å². The molecule has 0 bridgehead atoms. The summed E-state index contributed by atoms with van der Waals surface area (Å²) in [6, 6.07) is 4.19. The summed E-state index contributed by atoms with van der Waals surface area (Å²) in [5.74, 6) is -0.0273. The zero-order valence-corrected chi connectivity index (χ0v) is 18.3. The number of nitrogens with zero attached hydrogens (tertiary/aromatic N) is 4. The standard InChI is InChI=1S/C15H21N5S.2C2H4O2/c1-10-8-13(9-11(2)17-10)21-15-19-18-14(20(15)3)12-4-6-16-7-5-12;2*1-2(3)4/h8-9,12,16H,4-7H2,1-3H3;2*1H3,(H,3,4). The highest BCUT2D eigenvalue weighted by atomic mass is 32.2. The van der Waals surface area contributed by atoms with Gasteiger partial charge in [0.2, 0.25) is 0 Å². The van der Waals surface area contributed by atoms with Crippen molar-refractivity contribution in [3.8, 4) is 0 Å². The summed E-state index contributed by atoms with van der Waals surface area (Å²) in [7, 11) is 2.07. The Hall–Kier alpha value is -2.46. The highest BCUT2D eigenvalue weighted by Crippen LogP contribution is 2.30. The van der Waals surface area contributed by atoms with E-state index in [4.69, 9.17) is 19.8 Å². The van der Waals surface area contributed by atoms with Crippen molar-refractivity contribution < 1.29 is 19.8 Å². The lowest BCUT2D eigenvalue weighted by molar-refractivity contribution is -0.135. The molecule has 29 heavy (non-hydrogen) atoms. The summed E-state index contributed by atoms with van der Waals surface area (Å²) in [5, 5.41) is 28.0. The van der Waals surface area contributed by atoms with Crippen molar-refractivity contribution in [1.82, 2.24) is 25.1 Å². The van der Waals surface area contributed by atoms with Gasteiger partial charge in [-0.25, -0.2) is 0 Å². The summed E-state index contributed by atoms with van der Waals surface area (Å²) in [5.41, 5.74) is 2.08. The highest BCUT2D eigenvalue weighted by molar-refractivity contribution is 7.99. The minimum absolute atomic E-state index is 0.527. The SMILES string of the molecule is CC(=O)O.CC(=O)O.Cc1cc(Sc2nnc(C3CCNCC3)n2C)cc(C)n1. The average Bonchev–Trinajstić information content (AvgIpc) is 2.94. The number of hydrogen-bond donors (Lipinski definition) is 3. The molecular formula is C19H29N5O4S. The molecule has 0 aromatic carbocycles. The van der Waals surface area contributed by atoms with Gasteiger partial charge < -0.3 is 20.1 Å². The number of rotatable bonds is 3. The van der Waals surface area contributed by atoms with Gasteiger partial charge in [0.1, 0.15) is 5.82 Å². The van der Waals surface area contributed by atoms with E-state index in [-0.39, 0.29) is 0 Å². The van der Waals surface area contributed by atoms with E-state index < -0.39 is 11.9 Å². The monoisotopic (exact) mass is 423 g/mol. The first-order valence-electron chi connectivity index (χ1n) is 9.22. The Morgan fingerprint density at radius 1 is 1.07 bits per heavy atom. The molecule has 3 heterocycles. The molecule has 10 heteroatoms. The second kappa shape index (κ2) is 12.2. The topological polar surface area (TPSA) is 130 Å². The van der Waals surface area contributed by atoms with Crippen LogP contribution < -0.4 is 5.32 Å². The largest absolute Gasteiger partial charge is 0.481 e. The minimum Gasteiger partial charge on any atom is -0.481 e. The number of pyridine rings is 1. The fourth-order valence-electron chi connectivity index (χ4n) is 2.81. The average molecular weight is 424 g/mol. The molecule has 0 saturated carbocycles. The highest BCUT2D eigenvalue weighted by Gasteiger charge is 2.21. The number of aromatic nitrogens is 4. The number of carboxylic acids is 2. The third-order valence-electron chi connectivity index (χ3n) is 3.84. The van der Waals surface area contributed by atoms with Gasteiger partial charge in [-0.15, -0.1) is 10.2 Å². The molecule has 0 aliphatic carbocycles. The Morgan fingerprint density at radius 3 is 2.03 bits per heavy atom. The summed E-state index contributed by atoms with van der Waals surface area (Å²) in [6.45, 7) is 8.36. The maximum absolute atomic E-state index is 9.00. The van der Waals surface area contributed by atoms with Crippen molar-refractivity contribution in [2.75, 3.05) is 13.1 Å². The molecule has 0 radical (unpaired) electrons. The van der Waals surface area contributed by atoms with Crippen molar-refractivity contribution in [3.63, 3.8) is 0 Å². The molecule has 9 nitrogen and oxygen atoms in total. The second-order valence-electron chi connectivity index (χ2n) is 6.65. The van der Waals surface area contributed by atoms with Crippen LogP contribution in [0.1, 0.15) is 49.8 Å². The van der Waals surface area contributed by atoms with Gasteiger partial charge in [0.25, 0.3) is 11.9 Å². The van der Waals surface area contributed by atoms with Crippen molar-refractivity contribution in [1.29, 1.82) is 0 Å². The first-order valence-corrected chi connectivity index (χ1v) is 10.0. The Bertz CT molecular complexity index is 779. The molecule has 1 aliphatic rings. The van der Waals surface area contributed by atoms with Crippen molar-refractivity contribution in [2.24, 2.45) is 7.05 Å². The van der Waals surface area contributed by atoms with Crippen LogP contribution in [0.15, 0.2) is 22.2 Å². The van der Waals surface area contributed by atoms with Gasteiger partial charge in [-0.2, -0.15) is 0 Å². The fraction of sp³-hybridized carbons (Fsp3) is 0.526. The smallest absolute Gasteiger partial charge is 0.300 e. The van der Waals surface area contributed by atoms with Gasteiger partial charge in [0.05, 0.1) is 0 Å². The van der Waals surface area contributed by atoms with Crippen LogP contribution in [-0.4, -0.2) is 55.0 Å². The van der Waals surface area contributed by atoms with E-state index in [9.17, 15) is 0 Å². The molecule has 1 saturated heterocycles. The zero-order chi connectivity index (χ0) is 22.0. The molecule has 1 fully saturated rings. The van der Waals surface area contributed by atoms with E-state index in [1.807, 2.05) is 13.8 Å². The van der Waals surface area contributed by atoms with Crippen LogP contribution in [0, 0.1) is 13.8 Å². The fourth-order valence-corrected chi connectivity index (χ4v) is 3.79. The maximum Gasteiger partial charge on any atom is 0.300 e. The van der Waals surface area contributed by atoms with Crippen LogP contribution in [0.3, 0.4) is 0 Å². The van der Waals surface area contributed by atoms with Crippen LogP contribution in [0.25, 0.3) is 0 Å². The molecule has 0 atom stereocenters. The van der Waals surface area contributed by atoms with Gasteiger partial charge in [0, 0.05) is 43.1 Å². The van der Waals surface area contributed by atoms with E-state index in [1.54, 1.807) is 11.8 Å². The molecule has 3 N–H and O–H groups in total. The number of piperidine rings is 1. The Balaban J connectivity index is 0.000000452. The van der Waals surface area contributed by atoms with E-state index in [2.05, 4.69) is 44.2 Å². The van der Waals surface area contributed by atoms with Crippen LogP contribution in [-0.2, 0) is 16.6 Å². The minimum atomic E-state index is -0.833. The molecular weight excluding hydrogens is 394 g/mol. The van der Waals surface area contributed by atoms with E-state index in [0.29, 0.717) is 5.92 Å². The van der Waals surface area contributed by atoms with Crippen LogP contribution in [0.5, 0.6) is 0 Å². The predicted octanol–water partition coefficient (Wildman–Crippen LogP) is 2.63. The van der Waals surface area contributed by atoms with Crippen LogP contribution in [0.2, 0.25) is 0 Å². The summed E-state index contributed by atoms with van der Waals surface area (Å²) >= 11 is 1.66. The van der Waals surface area contributed by atoms with Crippen molar-refractivity contribution in [2.45, 2.75) is 56.5 Å². The van der Waals surface area contributed by atoms with Crippen LogP contribution in [0.4, 0.5) is 0 Å². The first-order chi connectivity index (χ1) is 13.6. The molecule has 0 spiro atoms. The molecule has 1 aliphatic heterocycles. The maximum atomic E-state index is 9.00. The summed E-state index contributed by atoms with van der Waals surface area (Å²) in [6.07, 6.45) is 2.29. The third kappa shape index (κ3) is 9.53. The lowest BCUT2D eigenvalue weighted by Crippen LogP contribution is -2.27. The van der Waals surface area contributed by atoms with E-state index >= 15 is 0 Å². The third-order valence-corrected chi connectivity index (χ3v) is 4.85. The molecule has 2 aromatic rings. The number of hydrogen-bond acceptors (Lipinski definition) is 7. The Labute approximate surface area is 175 Å². The van der Waals surface area contributed by atoms with Gasteiger partial charge >= 0.3 is 0 Å². The predicted molar refractivity (Wildman–Crippen MR) is 110 cm³/mol. The first kappa shape index (κ1) is 24.6. The normalized spacial score (nSPS) is 13.6. The van der Waals surface area contributed by atoms with Gasteiger partial charge in [-0.3, -0.25) is 14.6 Å². The van der Waals surface area contributed by atoms with Gasteiger partial charge in [0.15, 0.2) is 5.16 Å². The molecule has 160 valence electrons. The van der Waals surface area contributed by atoms with Crippen molar-refractivity contribution >= 4 is 23.7 Å². The molecule has 0 unspecified atom stereocenters. The van der Waals surface area contributed by atoms with Crippen molar-refractivity contribution in [3.05, 3.63) is 29.3 Å². The second-order valence-corrected chi connectivity index (χ2v) is 7.69. The lowest BCUT2D eigenvalue weighted by Gasteiger charge is -2.21. The zero-order valence-electron chi connectivity index (χ0n) is 17.5. The van der Waals surface area contributed by atoms with E-state index in [0.717, 1.165) is 62.1 Å². The molecule has 2 aromatic heterocycles. The number of aliphatic carboxylic acids is 2. The molecule has 0 amide bonds. The Morgan fingerprint density at radius 2 is 1.55 bits per heavy atom. The summed E-state index contributed by atoms with van der Waals surface area (Å²) < 4.78 is 2.14. The number of nitrogens with one attached hydrogen (secondary N) is 1. The van der Waals surface area contributed by atoms with Crippen LogP contribution >= 0.6 is 11.8 Å². The number of carboxylic acid groups (broad SMARTS) is 2. The van der Waals surface area contributed by atoms with Gasteiger partial charge in [-0.1, -0.05) is 0 Å². The summed E-state index contributed by atoms with van der Waals surface area (Å²) in [4.78, 5) is 23.6. The molecule has 3 rings (SSSR count). The Kier molecular flexibility index (Phi) is 10.3. The number of carbonyl (C=O) groups is 2. The lowest BCUT2D eigenvalue weighted by atomic mass is 9.97. The number of aryl methyl sites for hydroxylation is 2.